The van der Waals surface area contributed by atoms with Gasteiger partial charge in [-0.3, -0.25) is 19.2 Å². The fourth-order valence-electron chi connectivity index (χ4n) is 6.70. The molecule has 11 nitrogen and oxygen atoms in total. The maximum atomic E-state index is 12.9. The molecule has 1 aromatic carbocycles. The molecule has 6 rings (SSSR count). The number of nitrogens with two attached hydrogens (primary N) is 1. The van der Waals surface area contributed by atoms with Gasteiger partial charge in [0.25, 0.3) is 0 Å². The zero-order valence-electron chi connectivity index (χ0n) is 27.8. The van der Waals surface area contributed by atoms with Gasteiger partial charge in [0.1, 0.15) is 28.7 Å². The highest BCUT2D eigenvalue weighted by Gasteiger charge is 2.30. The number of nitriles is 1. The van der Waals surface area contributed by atoms with E-state index in [0.717, 1.165) is 66.8 Å². The van der Waals surface area contributed by atoms with Crippen molar-refractivity contribution in [3.05, 3.63) is 52.3 Å². The number of anilines is 1. The lowest BCUT2D eigenvalue weighted by molar-refractivity contribution is -0.126. The van der Waals surface area contributed by atoms with E-state index in [0.29, 0.717) is 41.4 Å². The molecule has 49 heavy (non-hydrogen) atoms. The number of aryl methyl sites for hydroxylation is 1. The summed E-state index contributed by atoms with van der Waals surface area (Å²) in [6, 6.07) is 10.1. The van der Waals surface area contributed by atoms with E-state index in [-0.39, 0.29) is 37.4 Å². The third-order valence-electron chi connectivity index (χ3n) is 9.28. The highest BCUT2D eigenvalue weighted by Crippen LogP contribution is 2.33. The number of thiophene rings is 1. The molecule has 2 unspecified atom stereocenters. The van der Waals surface area contributed by atoms with Gasteiger partial charge in [0.15, 0.2) is 8.46 Å². The number of carbonyl (C=O) groups is 1. The number of nitrogens with one attached hydrogen (secondary N) is 2. The first kappa shape index (κ1) is 36.6. The van der Waals surface area contributed by atoms with Crippen LogP contribution in [0.3, 0.4) is 0 Å². The van der Waals surface area contributed by atoms with E-state index < -0.39 is 12.6 Å². The molecule has 1 amide bonds. The zero-order chi connectivity index (χ0) is 35.3. The molecule has 262 valence electrons. The minimum absolute atomic E-state index is 0.113. The average Bonchev–Trinajstić information content (AvgIpc) is 3.64. The summed E-state index contributed by atoms with van der Waals surface area (Å²) in [5.41, 5.74) is 9.56. The maximum absolute atomic E-state index is 12.9. The molecule has 16 heteroatoms. The van der Waals surface area contributed by atoms with Gasteiger partial charge >= 0.3 is 6.18 Å². The molecular weight excluding hydrogens is 674 g/mol. The minimum atomic E-state index is -4.26. The van der Waals surface area contributed by atoms with Gasteiger partial charge in [-0.25, -0.2) is 9.97 Å². The van der Waals surface area contributed by atoms with Crippen LogP contribution in [0.4, 0.5) is 19.0 Å². The normalized spacial score (nSPS) is 18.7. The van der Waals surface area contributed by atoms with E-state index in [1.165, 1.54) is 11.9 Å². The summed E-state index contributed by atoms with van der Waals surface area (Å²) in [4.78, 5) is 25.7. The second-order valence-electron chi connectivity index (χ2n) is 12.6. The van der Waals surface area contributed by atoms with Gasteiger partial charge in [-0.15, -0.1) is 11.3 Å². The second-order valence-corrected chi connectivity index (χ2v) is 14.1. The quantitative estimate of drug-likeness (QED) is 0.203. The number of rotatable bonds is 9. The van der Waals surface area contributed by atoms with Crippen molar-refractivity contribution < 1.29 is 22.5 Å². The number of aromatic nitrogens is 3. The fraction of sp³-hybridized carbons (Fsp3) is 0.515. The Balaban J connectivity index is 0.00000151. The first-order chi connectivity index (χ1) is 23.4. The number of piperazine rings is 1. The van der Waals surface area contributed by atoms with Crippen molar-refractivity contribution in [1.82, 2.24) is 29.7 Å². The van der Waals surface area contributed by atoms with Crippen molar-refractivity contribution in [3.8, 4) is 6.07 Å². The number of likely N-dealkylation sites (tertiary alicyclic amines) is 1. The lowest BCUT2D eigenvalue weighted by Crippen LogP contribution is -2.58. The minimum Gasteiger partial charge on any atom is -0.368 e. The van der Waals surface area contributed by atoms with Crippen molar-refractivity contribution in [2.24, 2.45) is 5.73 Å². The van der Waals surface area contributed by atoms with Crippen molar-refractivity contribution in [3.63, 3.8) is 0 Å². The highest BCUT2D eigenvalue weighted by atomic mass is 32.1. The van der Waals surface area contributed by atoms with Crippen LogP contribution in [0.15, 0.2) is 30.6 Å². The molecule has 4 aromatic rings. The first-order valence-corrected chi connectivity index (χ1v) is 18.3. The van der Waals surface area contributed by atoms with Gasteiger partial charge < -0.3 is 20.9 Å². The molecule has 2 fully saturated rings. The Morgan fingerprint density at radius 2 is 1.96 bits per heavy atom. The second kappa shape index (κ2) is 15.9. The Kier molecular flexibility index (Phi) is 11.9. The topological polar surface area (TPSA) is 145 Å². The highest BCUT2D eigenvalue weighted by molar-refractivity contribution is 7.22. The molecule has 4 N–H and O–H groups in total. The summed E-state index contributed by atoms with van der Waals surface area (Å²) in [5.74, 6) is 0.239. The van der Waals surface area contributed by atoms with E-state index in [2.05, 4.69) is 67.0 Å². The number of halogens is 3. The number of hydrogen-bond acceptors (Lipinski definition) is 10. The van der Waals surface area contributed by atoms with Crippen LogP contribution < -0.4 is 16.4 Å². The Morgan fingerprint density at radius 3 is 2.63 bits per heavy atom. The predicted molar refractivity (Wildman–Crippen MR) is 186 cm³/mol. The van der Waals surface area contributed by atoms with E-state index >= 15 is 0 Å². The van der Waals surface area contributed by atoms with Crippen LogP contribution in [0.1, 0.15) is 41.5 Å². The Labute approximate surface area is 288 Å². The third kappa shape index (κ3) is 8.93. The predicted octanol–water partition coefficient (Wildman–Crippen LogP) is 5.06. The fourth-order valence-corrected chi connectivity index (χ4v) is 7.73. The van der Waals surface area contributed by atoms with E-state index in [9.17, 15) is 23.2 Å². The largest absolute Gasteiger partial charge is 0.393 e. The zero-order valence-corrected chi connectivity index (χ0v) is 29.5. The Bertz CT molecular complexity index is 1830. The number of amides is 1. The smallest absolute Gasteiger partial charge is 0.368 e. The molecule has 5 heterocycles. The molecule has 0 spiro atoms. The lowest BCUT2D eigenvalue weighted by atomic mass is 10.0. The summed E-state index contributed by atoms with van der Waals surface area (Å²) in [6.45, 7) is 11.0. The van der Waals surface area contributed by atoms with Gasteiger partial charge in [0.2, 0.25) is 5.91 Å². The number of hydrogen-bond donors (Lipinski definition) is 3. The van der Waals surface area contributed by atoms with Crippen LogP contribution >= 0.6 is 19.8 Å². The first-order valence-electron chi connectivity index (χ1n) is 16.2. The number of primary amides is 1. The third-order valence-corrected chi connectivity index (χ3v) is 10.3. The van der Waals surface area contributed by atoms with Crippen molar-refractivity contribution in [1.29, 1.82) is 5.26 Å². The molecule has 2 aliphatic rings. The molecule has 0 aliphatic carbocycles. The number of piperidine rings is 1. The summed E-state index contributed by atoms with van der Waals surface area (Å²) >= 11 is 1.06. The van der Waals surface area contributed by atoms with E-state index in [1.807, 2.05) is 6.07 Å². The van der Waals surface area contributed by atoms with Crippen LogP contribution in [0.25, 0.3) is 21.1 Å². The van der Waals surface area contributed by atoms with Crippen molar-refractivity contribution in [2.45, 2.75) is 70.5 Å². The number of nitrogens with zero attached hydrogens (tertiary/aromatic N) is 6. The monoisotopic (exact) mass is 715 g/mol. The average molecular weight is 716 g/mol. The van der Waals surface area contributed by atoms with Gasteiger partial charge in [0.05, 0.1) is 17.8 Å². The number of fused-ring (bicyclic) bond motifs is 2. The van der Waals surface area contributed by atoms with Crippen LogP contribution in [0.2, 0.25) is 0 Å². The number of carbonyl (C=O) groups excluding carboxylic acids is 1. The molecule has 2 atom stereocenters. The van der Waals surface area contributed by atoms with Gasteiger partial charge in [-0.05, 0) is 56.0 Å². The standard InChI is InChI=1S/C32H38F3N9OS.CH3OP/c1-19(43-10-7-38-27(17-43)29(37)45)15-44-23(14-36)11-25-20(2)21(3-4-28(25)44)16-42-8-5-22(6-9-42)41-30-26-12-24(13-32(33,34)35)46-31(26)40-18-39-30;1-3-2/h3-4,11-12,18-19,22,27,38H,5-10,13,15-17H2,1-2H3,(H2,37,45)(H,39,40,41);1H3. The summed E-state index contributed by atoms with van der Waals surface area (Å²) < 4.78 is 49.8. The molecule has 0 saturated carbocycles. The molecule has 0 bridgehead atoms. The van der Waals surface area contributed by atoms with Gasteiger partial charge in [-0.1, -0.05) is 6.07 Å². The Hall–Kier alpha value is -3.67. The van der Waals surface area contributed by atoms with Crippen molar-refractivity contribution >= 4 is 52.6 Å². The van der Waals surface area contributed by atoms with Crippen LogP contribution in [0, 0.1) is 18.3 Å². The molecule has 2 saturated heterocycles. The van der Waals surface area contributed by atoms with E-state index in [1.54, 1.807) is 12.7 Å². The lowest BCUT2D eigenvalue weighted by Gasteiger charge is -2.36. The van der Waals surface area contributed by atoms with Crippen LogP contribution in [-0.2, 0) is 28.9 Å². The van der Waals surface area contributed by atoms with E-state index in [4.69, 9.17) is 10.3 Å². The number of alkyl halides is 3. The molecule has 0 radical (unpaired) electrons. The summed E-state index contributed by atoms with van der Waals surface area (Å²) in [5, 5.41) is 18.3. The van der Waals surface area contributed by atoms with Crippen LogP contribution in [-0.4, -0.2) is 93.9 Å². The summed E-state index contributed by atoms with van der Waals surface area (Å²) in [6.07, 6.45) is -2.07. The van der Waals surface area contributed by atoms with Crippen molar-refractivity contribution in [2.75, 3.05) is 44.7 Å². The van der Waals surface area contributed by atoms with Crippen LogP contribution in [0.5, 0.6) is 0 Å². The number of benzene rings is 1. The van der Waals surface area contributed by atoms with Gasteiger partial charge in [-0.2, -0.15) is 18.4 Å². The molecule has 2 aliphatic heterocycles. The summed E-state index contributed by atoms with van der Waals surface area (Å²) in [7, 11) is 0.167. The molecule has 3 aromatic heterocycles. The maximum Gasteiger partial charge on any atom is 0.393 e. The SMILES string of the molecule is CP=O.Cc1c(CN2CCC(Nc3ncnc4sc(CC(F)(F)F)cc34)CC2)ccc2c1cc(C#N)n2CC(C)N1CCNC(C(N)=O)C1. The Morgan fingerprint density at radius 1 is 1.22 bits per heavy atom. The molecular formula is C33H41F3N9O2PS. The van der Waals surface area contributed by atoms with Gasteiger partial charge in [0, 0.05) is 80.3 Å².